The van der Waals surface area contributed by atoms with Crippen molar-refractivity contribution in [1.29, 1.82) is 0 Å². The van der Waals surface area contributed by atoms with E-state index in [0.29, 0.717) is 10.9 Å². The number of ether oxygens (including phenoxy) is 1. The molecule has 1 N–H and O–H groups in total. The highest BCUT2D eigenvalue weighted by Crippen LogP contribution is 2.41. The number of hydrogen-bond acceptors (Lipinski definition) is 3. The first-order valence-corrected chi connectivity index (χ1v) is 7.74. The Morgan fingerprint density at radius 1 is 1.24 bits per heavy atom. The Hall–Kier alpha value is -2.35. The van der Waals surface area contributed by atoms with E-state index in [9.17, 15) is 18.0 Å². The molecule has 0 aliphatic heterocycles. The summed E-state index contributed by atoms with van der Waals surface area (Å²) in [6.07, 6.45) is -4.57. The molecule has 0 aliphatic rings. The second-order valence-electron chi connectivity index (χ2n) is 5.38. The average Bonchev–Trinajstić information content (AvgIpc) is 2.58. The van der Waals surface area contributed by atoms with Crippen LogP contribution in [-0.2, 0) is 11.0 Å². The average molecular weight is 370 g/mol. The van der Waals surface area contributed by atoms with E-state index in [2.05, 4.69) is 5.32 Å². The molecule has 2 aromatic rings. The highest BCUT2D eigenvalue weighted by Gasteiger charge is 2.36. The molecule has 8 heteroatoms. The standard InChI is InChI=1S/C17H17F3N2O2S/c1-21-14(23)9-22(2)16(25)12-6-4-5-11-10(12)7-8-13(24-3)15(11)17(18,19)20/h4-8H,9H2,1-3H3,(H,21,23). The molecule has 0 aromatic heterocycles. The first kappa shape index (κ1) is 19.0. The zero-order valence-corrected chi connectivity index (χ0v) is 14.7. The molecule has 2 rings (SSSR count). The van der Waals surface area contributed by atoms with Gasteiger partial charge in [-0.3, -0.25) is 4.79 Å². The smallest absolute Gasteiger partial charge is 0.420 e. The van der Waals surface area contributed by atoms with Crippen molar-refractivity contribution in [3.05, 3.63) is 41.5 Å². The van der Waals surface area contributed by atoms with Crippen molar-refractivity contribution in [3.8, 4) is 5.75 Å². The maximum Gasteiger partial charge on any atom is 0.420 e. The molecular formula is C17H17F3N2O2S. The van der Waals surface area contributed by atoms with Crippen molar-refractivity contribution >= 4 is 33.9 Å². The number of likely N-dealkylation sites (N-methyl/N-ethyl adjacent to an activating group) is 2. The minimum Gasteiger partial charge on any atom is -0.496 e. The molecule has 0 spiro atoms. The summed E-state index contributed by atoms with van der Waals surface area (Å²) in [5.41, 5.74) is -0.391. The molecule has 0 fully saturated rings. The summed E-state index contributed by atoms with van der Waals surface area (Å²) >= 11 is 5.37. The number of carbonyl (C=O) groups is 1. The molecule has 1 amide bonds. The number of methoxy groups -OCH3 is 1. The summed E-state index contributed by atoms with van der Waals surface area (Å²) in [5, 5.41) is 2.83. The highest BCUT2D eigenvalue weighted by atomic mass is 32.1. The number of carbonyl (C=O) groups excluding carboxylic acids is 1. The fraction of sp³-hybridized carbons (Fsp3) is 0.294. The number of rotatable bonds is 4. The largest absolute Gasteiger partial charge is 0.496 e. The van der Waals surface area contributed by atoms with Crippen LogP contribution in [0.1, 0.15) is 11.1 Å². The third kappa shape index (κ3) is 3.84. The summed E-state index contributed by atoms with van der Waals surface area (Å²) < 4.78 is 45.4. The minimum atomic E-state index is -4.57. The van der Waals surface area contributed by atoms with Crippen molar-refractivity contribution in [2.75, 3.05) is 27.7 Å². The third-order valence-electron chi connectivity index (χ3n) is 3.76. The molecule has 0 heterocycles. The van der Waals surface area contributed by atoms with E-state index in [-0.39, 0.29) is 28.6 Å². The first-order valence-electron chi connectivity index (χ1n) is 7.33. The van der Waals surface area contributed by atoms with Gasteiger partial charge >= 0.3 is 6.18 Å². The molecule has 0 aliphatic carbocycles. The van der Waals surface area contributed by atoms with Crippen molar-refractivity contribution in [3.63, 3.8) is 0 Å². The molecular weight excluding hydrogens is 353 g/mol. The first-order chi connectivity index (χ1) is 11.7. The number of hydrogen-bond donors (Lipinski definition) is 1. The molecule has 25 heavy (non-hydrogen) atoms. The lowest BCUT2D eigenvalue weighted by Crippen LogP contribution is -2.36. The van der Waals surface area contributed by atoms with Gasteiger partial charge in [-0.25, -0.2) is 0 Å². The summed E-state index contributed by atoms with van der Waals surface area (Å²) in [6.45, 7) is 0.00794. The number of halogens is 3. The van der Waals surface area contributed by atoms with Crippen LogP contribution in [0, 0.1) is 0 Å². The Balaban J connectivity index is 2.61. The second kappa shape index (κ2) is 7.26. The van der Waals surface area contributed by atoms with E-state index in [4.69, 9.17) is 17.0 Å². The molecule has 134 valence electrons. The maximum absolute atomic E-state index is 13.5. The zero-order chi connectivity index (χ0) is 18.8. The number of amides is 1. The molecule has 0 saturated heterocycles. The molecule has 0 unspecified atom stereocenters. The van der Waals surface area contributed by atoms with Gasteiger partial charge in [-0.15, -0.1) is 0 Å². The fourth-order valence-electron chi connectivity index (χ4n) is 2.56. The van der Waals surface area contributed by atoms with Crippen LogP contribution in [-0.4, -0.2) is 43.5 Å². The van der Waals surface area contributed by atoms with Crippen LogP contribution in [0.2, 0.25) is 0 Å². The van der Waals surface area contributed by atoms with E-state index < -0.39 is 11.7 Å². The van der Waals surface area contributed by atoms with Gasteiger partial charge in [0, 0.05) is 19.7 Å². The Bertz CT molecular complexity index is 821. The van der Waals surface area contributed by atoms with Gasteiger partial charge in [0.2, 0.25) is 5.91 Å². The van der Waals surface area contributed by atoms with E-state index in [1.54, 1.807) is 19.2 Å². The molecule has 0 bridgehead atoms. The van der Waals surface area contributed by atoms with E-state index in [1.807, 2.05) is 0 Å². The van der Waals surface area contributed by atoms with Gasteiger partial charge in [0.25, 0.3) is 0 Å². The summed E-state index contributed by atoms with van der Waals surface area (Å²) in [5.74, 6) is -0.496. The second-order valence-corrected chi connectivity index (χ2v) is 5.76. The lowest BCUT2D eigenvalue weighted by atomic mass is 9.98. The lowest BCUT2D eigenvalue weighted by Gasteiger charge is -2.21. The lowest BCUT2D eigenvalue weighted by molar-refractivity contribution is -0.137. The van der Waals surface area contributed by atoms with Crippen molar-refractivity contribution in [1.82, 2.24) is 10.2 Å². The highest BCUT2D eigenvalue weighted by molar-refractivity contribution is 7.80. The number of alkyl halides is 3. The molecule has 0 atom stereocenters. The van der Waals surface area contributed by atoms with Crippen LogP contribution in [0.15, 0.2) is 30.3 Å². The fourth-order valence-corrected chi connectivity index (χ4v) is 2.80. The number of benzene rings is 2. The summed E-state index contributed by atoms with van der Waals surface area (Å²) in [4.78, 5) is 13.3. The predicted octanol–water partition coefficient (Wildman–Crippen LogP) is 3.22. The van der Waals surface area contributed by atoms with Crippen LogP contribution in [0.4, 0.5) is 13.2 Å². The molecule has 4 nitrogen and oxygen atoms in total. The van der Waals surface area contributed by atoms with Gasteiger partial charge in [0.05, 0.1) is 13.7 Å². The van der Waals surface area contributed by atoms with Gasteiger partial charge < -0.3 is 15.0 Å². The monoisotopic (exact) mass is 370 g/mol. The number of nitrogens with zero attached hydrogens (tertiary/aromatic N) is 1. The summed E-state index contributed by atoms with van der Waals surface area (Å²) in [7, 11) is 4.31. The van der Waals surface area contributed by atoms with Gasteiger partial charge in [-0.05, 0) is 22.9 Å². The molecule has 0 saturated carbocycles. The van der Waals surface area contributed by atoms with E-state index in [1.165, 1.54) is 37.3 Å². The Kier molecular flexibility index (Phi) is 5.52. The minimum absolute atomic E-state index is 0.0000399. The maximum atomic E-state index is 13.5. The Labute approximate surface area is 148 Å². The quantitative estimate of drug-likeness (QED) is 0.840. The van der Waals surface area contributed by atoms with Crippen LogP contribution < -0.4 is 10.1 Å². The molecule has 0 radical (unpaired) electrons. The van der Waals surface area contributed by atoms with Crippen LogP contribution in [0.3, 0.4) is 0 Å². The number of fused-ring (bicyclic) bond motifs is 1. The van der Waals surface area contributed by atoms with Gasteiger partial charge in [0.15, 0.2) is 0 Å². The molecule has 2 aromatic carbocycles. The SMILES string of the molecule is CNC(=O)CN(C)C(=S)c1cccc2c(C(F)(F)F)c(OC)ccc12. The topological polar surface area (TPSA) is 41.6 Å². The normalized spacial score (nSPS) is 11.3. The van der Waals surface area contributed by atoms with Crippen LogP contribution in [0.25, 0.3) is 10.8 Å². The van der Waals surface area contributed by atoms with Gasteiger partial charge in [-0.1, -0.05) is 30.4 Å². The van der Waals surface area contributed by atoms with E-state index in [0.717, 1.165) is 0 Å². The number of nitrogens with one attached hydrogen (secondary N) is 1. The zero-order valence-electron chi connectivity index (χ0n) is 13.9. The van der Waals surface area contributed by atoms with E-state index >= 15 is 0 Å². The Morgan fingerprint density at radius 3 is 2.48 bits per heavy atom. The van der Waals surface area contributed by atoms with Crippen LogP contribution in [0.5, 0.6) is 5.75 Å². The summed E-state index contributed by atoms with van der Waals surface area (Å²) in [6, 6.07) is 7.34. The van der Waals surface area contributed by atoms with Gasteiger partial charge in [-0.2, -0.15) is 13.2 Å². The van der Waals surface area contributed by atoms with Crippen molar-refractivity contribution < 1.29 is 22.7 Å². The number of thiocarbonyl (C=S) groups is 1. The Morgan fingerprint density at radius 2 is 1.92 bits per heavy atom. The van der Waals surface area contributed by atoms with Gasteiger partial charge in [0.1, 0.15) is 16.3 Å². The van der Waals surface area contributed by atoms with Crippen molar-refractivity contribution in [2.24, 2.45) is 0 Å². The third-order valence-corrected chi connectivity index (χ3v) is 4.29. The van der Waals surface area contributed by atoms with Crippen LogP contribution >= 0.6 is 12.2 Å². The predicted molar refractivity (Wildman–Crippen MR) is 93.9 cm³/mol. The van der Waals surface area contributed by atoms with Crippen molar-refractivity contribution in [2.45, 2.75) is 6.18 Å².